The van der Waals surface area contributed by atoms with Crippen molar-refractivity contribution in [3.8, 4) is 0 Å². The summed E-state index contributed by atoms with van der Waals surface area (Å²) < 4.78 is 0. The van der Waals surface area contributed by atoms with E-state index in [2.05, 4.69) is 5.32 Å². The third-order valence-corrected chi connectivity index (χ3v) is 4.13. The highest BCUT2D eigenvalue weighted by atomic mass is 35.5. The summed E-state index contributed by atoms with van der Waals surface area (Å²) in [4.78, 5) is 36.9. The van der Waals surface area contributed by atoms with Crippen LogP contribution in [0, 0.1) is 0 Å². The number of benzene rings is 1. The molecule has 122 valence electrons. The van der Waals surface area contributed by atoms with E-state index in [1.54, 1.807) is 38.1 Å². The van der Waals surface area contributed by atoms with Crippen LogP contribution in [0.3, 0.4) is 0 Å². The van der Waals surface area contributed by atoms with Crippen LogP contribution in [0.4, 0.5) is 0 Å². The smallest absolute Gasteiger partial charge is 0.268 e. The van der Waals surface area contributed by atoms with Crippen molar-refractivity contribution in [2.75, 3.05) is 6.54 Å². The Kier molecular flexibility index (Phi) is 5.44. The van der Waals surface area contributed by atoms with Crippen LogP contribution in [0.5, 0.6) is 0 Å². The number of likely N-dealkylation sites (tertiary alicyclic amines) is 1. The van der Waals surface area contributed by atoms with Crippen molar-refractivity contribution in [1.82, 2.24) is 10.2 Å². The molecule has 5 nitrogen and oxygen atoms in total. The summed E-state index contributed by atoms with van der Waals surface area (Å²) in [7, 11) is 0. The fourth-order valence-corrected chi connectivity index (χ4v) is 2.83. The number of nitrogens with zero attached hydrogens (tertiary/aromatic N) is 1. The number of carbonyl (C=O) groups is 3. The van der Waals surface area contributed by atoms with Crippen molar-refractivity contribution in [3.05, 3.63) is 47.2 Å². The number of amides is 2. The zero-order valence-electron chi connectivity index (χ0n) is 12.7. The van der Waals surface area contributed by atoms with E-state index in [1.165, 1.54) is 4.90 Å². The highest BCUT2D eigenvalue weighted by molar-refractivity contribution is 6.67. The number of carbonyl (C=O) groups excluding carboxylic acids is 3. The second-order valence-corrected chi connectivity index (χ2v) is 6.19. The minimum atomic E-state index is -0.879. The van der Waals surface area contributed by atoms with E-state index in [0.717, 1.165) is 0 Å². The summed E-state index contributed by atoms with van der Waals surface area (Å²) in [5, 5.41) is 1.02. The highest BCUT2D eigenvalue weighted by Gasteiger charge is 2.42. The van der Waals surface area contributed by atoms with Gasteiger partial charge in [-0.15, -0.1) is 11.6 Å². The topological polar surface area (TPSA) is 66.5 Å². The molecule has 1 saturated heterocycles. The Morgan fingerprint density at radius 1 is 1.26 bits per heavy atom. The molecule has 2 rings (SSSR count). The van der Waals surface area contributed by atoms with Crippen LogP contribution in [0.1, 0.15) is 24.8 Å². The molecule has 23 heavy (non-hydrogen) atoms. The van der Waals surface area contributed by atoms with E-state index in [4.69, 9.17) is 23.2 Å². The van der Waals surface area contributed by atoms with Gasteiger partial charge in [-0.3, -0.25) is 14.4 Å². The van der Waals surface area contributed by atoms with Gasteiger partial charge >= 0.3 is 0 Å². The molecule has 0 saturated carbocycles. The normalized spacial score (nSPS) is 18.0. The van der Waals surface area contributed by atoms with Gasteiger partial charge in [0.05, 0.1) is 6.54 Å². The molecule has 2 atom stereocenters. The van der Waals surface area contributed by atoms with Gasteiger partial charge in [-0.05, 0) is 36.6 Å². The lowest BCUT2D eigenvalue weighted by Gasteiger charge is -2.39. The standard InChI is InChI=1S/C16H16Cl2N2O3/c1-9(2)13(14(18)21)20-8-11(16(20)23)19-15(22)12(17)10-6-4-3-5-7-10/h3-7,11-12H,8H2,1-2H3,(H,19,22)/t11-,12+/m0/s1. The molecule has 1 N–H and O–H groups in total. The molecule has 0 aliphatic carbocycles. The summed E-state index contributed by atoms with van der Waals surface area (Å²) in [6, 6.07) is 8.16. The molecule has 2 amide bonds. The molecule has 0 aromatic heterocycles. The maximum atomic E-state index is 12.1. The number of β-lactam (4-membered cyclic amide) rings is 1. The lowest BCUT2D eigenvalue weighted by atomic mass is 10.0. The Morgan fingerprint density at radius 2 is 1.87 bits per heavy atom. The third kappa shape index (κ3) is 3.74. The number of allylic oxidation sites excluding steroid dienone is 2. The molecule has 1 fully saturated rings. The van der Waals surface area contributed by atoms with Crippen molar-refractivity contribution < 1.29 is 14.4 Å². The van der Waals surface area contributed by atoms with Gasteiger partial charge in [0, 0.05) is 0 Å². The molecule has 1 aromatic carbocycles. The van der Waals surface area contributed by atoms with E-state index in [0.29, 0.717) is 11.1 Å². The molecule has 0 bridgehead atoms. The Balaban J connectivity index is 1.99. The first-order chi connectivity index (χ1) is 10.8. The lowest BCUT2D eigenvalue weighted by Crippen LogP contribution is -2.64. The molecular weight excluding hydrogens is 339 g/mol. The van der Waals surface area contributed by atoms with E-state index in [9.17, 15) is 14.4 Å². The van der Waals surface area contributed by atoms with Gasteiger partial charge in [-0.25, -0.2) is 0 Å². The van der Waals surface area contributed by atoms with Crippen LogP contribution in [0.15, 0.2) is 41.6 Å². The first kappa shape index (κ1) is 17.5. The number of nitrogens with one attached hydrogen (secondary N) is 1. The second-order valence-electron chi connectivity index (χ2n) is 5.41. The molecule has 7 heteroatoms. The van der Waals surface area contributed by atoms with Gasteiger partial charge in [0.15, 0.2) is 0 Å². The molecule has 0 spiro atoms. The molecule has 1 aliphatic rings. The van der Waals surface area contributed by atoms with Crippen molar-refractivity contribution >= 4 is 40.3 Å². The quantitative estimate of drug-likeness (QED) is 0.382. The van der Waals surface area contributed by atoms with Gasteiger partial charge in [-0.1, -0.05) is 30.3 Å². The van der Waals surface area contributed by atoms with Gasteiger partial charge in [0.25, 0.3) is 11.1 Å². The minimum absolute atomic E-state index is 0.160. The Bertz CT molecular complexity index is 669. The summed E-state index contributed by atoms with van der Waals surface area (Å²) in [5.74, 6) is -0.827. The zero-order chi connectivity index (χ0) is 17.1. The number of halogens is 2. The molecule has 0 unspecified atom stereocenters. The van der Waals surface area contributed by atoms with Crippen LogP contribution >= 0.6 is 23.2 Å². The maximum absolute atomic E-state index is 12.1. The van der Waals surface area contributed by atoms with Crippen LogP contribution in [-0.2, 0) is 14.4 Å². The SMILES string of the molecule is CC(C)=C(C(=O)Cl)N1C[C@H](NC(=O)[C@H](Cl)c2ccccc2)C1=O. The van der Waals surface area contributed by atoms with Crippen LogP contribution in [0.2, 0.25) is 0 Å². The molecule has 1 aliphatic heterocycles. The van der Waals surface area contributed by atoms with Crippen LogP contribution < -0.4 is 5.32 Å². The first-order valence-corrected chi connectivity index (χ1v) is 7.82. The number of hydrogen-bond acceptors (Lipinski definition) is 3. The van der Waals surface area contributed by atoms with Crippen molar-refractivity contribution in [2.24, 2.45) is 0 Å². The second kappa shape index (κ2) is 7.15. The van der Waals surface area contributed by atoms with E-state index in [1.807, 2.05) is 6.07 Å². The molecular formula is C16H16Cl2N2O3. The minimum Gasteiger partial charge on any atom is -0.341 e. The van der Waals surface area contributed by atoms with Crippen molar-refractivity contribution in [2.45, 2.75) is 25.3 Å². The molecule has 1 aromatic rings. The average molecular weight is 355 g/mol. The first-order valence-electron chi connectivity index (χ1n) is 7.01. The lowest BCUT2D eigenvalue weighted by molar-refractivity contribution is -0.145. The summed E-state index contributed by atoms with van der Waals surface area (Å²) >= 11 is 11.6. The largest absolute Gasteiger partial charge is 0.341 e. The predicted octanol–water partition coefficient (Wildman–Crippen LogP) is 2.35. The summed E-state index contributed by atoms with van der Waals surface area (Å²) in [5.41, 5.74) is 1.45. The summed E-state index contributed by atoms with van der Waals surface area (Å²) in [6.45, 7) is 3.58. The monoisotopic (exact) mass is 354 g/mol. The molecule has 1 heterocycles. The van der Waals surface area contributed by atoms with Crippen molar-refractivity contribution in [1.29, 1.82) is 0 Å². The van der Waals surface area contributed by atoms with E-state index >= 15 is 0 Å². The van der Waals surface area contributed by atoms with E-state index < -0.39 is 22.6 Å². The fourth-order valence-electron chi connectivity index (χ4n) is 2.33. The van der Waals surface area contributed by atoms with Gasteiger partial charge in [0.2, 0.25) is 5.91 Å². The molecule has 0 radical (unpaired) electrons. The van der Waals surface area contributed by atoms with Gasteiger partial charge in [0.1, 0.15) is 17.1 Å². The maximum Gasteiger partial charge on any atom is 0.268 e. The third-order valence-electron chi connectivity index (χ3n) is 3.50. The zero-order valence-corrected chi connectivity index (χ0v) is 14.2. The number of rotatable bonds is 5. The van der Waals surface area contributed by atoms with Crippen LogP contribution in [-0.4, -0.2) is 34.5 Å². The predicted molar refractivity (Wildman–Crippen MR) is 87.9 cm³/mol. The Morgan fingerprint density at radius 3 is 2.35 bits per heavy atom. The average Bonchev–Trinajstić information content (AvgIpc) is 2.52. The number of hydrogen-bond donors (Lipinski definition) is 1. The number of alkyl halides is 1. The summed E-state index contributed by atoms with van der Waals surface area (Å²) in [6.07, 6.45) is 0. The Labute approximate surface area is 144 Å². The van der Waals surface area contributed by atoms with Crippen molar-refractivity contribution in [3.63, 3.8) is 0 Å². The fraction of sp³-hybridized carbons (Fsp3) is 0.312. The van der Waals surface area contributed by atoms with Crippen LogP contribution in [0.25, 0.3) is 0 Å². The van der Waals surface area contributed by atoms with Gasteiger partial charge in [-0.2, -0.15) is 0 Å². The van der Waals surface area contributed by atoms with E-state index in [-0.39, 0.29) is 18.1 Å². The Hall–Kier alpha value is -1.85. The highest BCUT2D eigenvalue weighted by Crippen LogP contribution is 2.24. The van der Waals surface area contributed by atoms with Gasteiger partial charge < -0.3 is 10.2 Å².